The molecular formula is C14H13BrF3NO4S. The molecule has 1 aromatic carbocycles. The number of fused-ring (bicyclic) bond motifs is 1. The molecule has 0 N–H and O–H groups in total. The number of carbonyl (C=O) groups is 1. The highest BCUT2D eigenvalue weighted by atomic mass is 79.9. The Kier molecular flexibility index (Phi) is 5.28. The number of esters is 1. The molecule has 0 unspecified atom stereocenters. The standard InChI is InChI=1S/C14H13BrF3NO4S/c1-2-23-13(20)9-5-6-19(24(21,22)14(16,17)18)12-4-3-11(15)8-10(12)7-9/h3-4,7-8H,2,5-6H2,1H3. The second kappa shape index (κ2) is 6.75. The number of hydrogen-bond acceptors (Lipinski definition) is 4. The summed E-state index contributed by atoms with van der Waals surface area (Å²) in [5, 5.41) is 0. The van der Waals surface area contributed by atoms with Crippen molar-refractivity contribution in [2.75, 3.05) is 17.5 Å². The number of sulfonamides is 1. The van der Waals surface area contributed by atoms with E-state index in [4.69, 9.17) is 4.74 Å². The lowest BCUT2D eigenvalue weighted by Crippen LogP contribution is -2.41. The van der Waals surface area contributed by atoms with Gasteiger partial charge in [0.15, 0.2) is 0 Å². The number of benzene rings is 1. The minimum Gasteiger partial charge on any atom is -0.463 e. The molecule has 0 aliphatic carbocycles. The molecule has 0 bridgehead atoms. The molecular weight excluding hydrogens is 415 g/mol. The van der Waals surface area contributed by atoms with Gasteiger partial charge in [-0.3, -0.25) is 4.31 Å². The van der Waals surface area contributed by atoms with Gasteiger partial charge in [-0.2, -0.15) is 21.6 Å². The largest absolute Gasteiger partial charge is 0.516 e. The molecule has 0 atom stereocenters. The van der Waals surface area contributed by atoms with Crippen LogP contribution in [0, 0.1) is 0 Å². The van der Waals surface area contributed by atoms with E-state index >= 15 is 0 Å². The third-order valence-corrected chi connectivity index (χ3v) is 5.33. The fraction of sp³-hybridized carbons (Fsp3) is 0.357. The Labute approximate surface area is 145 Å². The maximum atomic E-state index is 13.0. The normalized spacial score (nSPS) is 15.4. The van der Waals surface area contributed by atoms with E-state index < -0.39 is 28.0 Å². The summed E-state index contributed by atoms with van der Waals surface area (Å²) in [5.41, 5.74) is -5.30. The van der Waals surface area contributed by atoms with Gasteiger partial charge < -0.3 is 4.74 Å². The van der Waals surface area contributed by atoms with Crippen LogP contribution in [-0.4, -0.2) is 33.0 Å². The Balaban J connectivity index is 2.57. The zero-order valence-corrected chi connectivity index (χ0v) is 14.8. The van der Waals surface area contributed by atoms with Crippen LogP contribution < -0.4 is 4.31 Å². The van der Waals surface area contributed by atoms with Crippen molar-refractivity contribution in [1.82, 2.24) is 0 Å². The van der Waals surface area contributed by atoms with Crippen LogP contribution in [0.15, 0.2) is 28.2 Å². The fourth-order valence-electron chi connectivity index (χ4n) is 2.23. The van der Waals surface area contributed by atoms with E-state index in [1.807, 2.05) is 0 Å². The van der Waals surface area contributed by atoms with Crippen molar-refractivity contribution in [1.29, 1.82) is 0 Å². The molecule has 2 rings (SSSR count). The number of carbonyl (C=O) groups excluding carboxylic acids is 1. The van der Waals surface area contributed by atoms with Gasteiger partial charge in [-0.25, -0.2) is 4.79 Å². The number of ether oxygens (including phenoxy) is 1. The van der Waals surface area contributed by atoms with Crippen LogP contribution >= 0.6 is 15.9 Å². The molecule has 0 saturated carbocycles. The molecule has 0 radical (unpaired) electrons. The number of hydrogen-bond donors (Lipinski definition) is 0. The highest BCUT2D eigenvalue weighted by molar-refractivity contribution is 9.10. The number of nitrogens with zero attached hydrogens (tertiary/aromatic N) is 1. The van der Waals surface area contributed by atoms with E-state index in [0.717, 1.165) is 0 Å². The van der Waals surface area contributed by atoms with Gasteiger partial charge in [0, 0.05) is 22.2 Å². The van der Waals surface area contributed by atoms with Crippen LogP contribution in [0.25, 0.3) is 6.08 Å². The van der Waals surface area contributed by atoms with E-state index in [0.29, 0.717) is 4.47 Å². The molecule has 0 amide bonds. The molecule has 10 heteroatoms. The third kappa shape index (κ3) is 3.59. The minimum absolute atomic E-state index is 0.103. The number of alkyl halides is 3. The first-order valence-corrected chi connectivity index (χ1v) is 9.07. The summed E-state index contributed by atoms with van der Waals surface area (Å²) in [4.78, 5) is 11.9. The predicted molar refractivity (Wildman–Crippen MR) is 85.7 cm³/mol. The smallest absolute Gasteiger partial charge is 0.463 e. The van der Waals surface area contributed by atoms with Gasteiger partial charge in [0.1, 0.15) is 0 Å². The first-order valence-electron chi connectivity index (χ1n) is 6.84. The molecule has 132 valence electrons. The average molecular weight is 428 g/mol. The van der Waals surface area contributed by atoms with Crippen molar-refractivity contribution in [3.05, 3.63) is 33.8 Å². The van der Waals surface area contributed by atoms with E-state index in [2.05, 4.69) is 15.9 Å². The van der Waals surface area contributed by atoms with Gasteiger partial charge in [-0.05, 0) is 37.6 Å². The number of anilines is 1. The van der Waals surface area contributed by atoms with Crippen LogP contribution in [0.2, 0.25) is 0 Å². The summed E-state index contributed by atoms with van der Waals surface area (Å²) in [6.07, 6.45) is 1.16. The van der Waals surface area contributed by atoms with Crippen molar-refractivity contribution < 1.29 is 31.1 Å². The Morgan fingerprint density at radius 1 is 1.38 bits per heavy atom. The maximum absolute atomic E-state index is 13.0. The average Bonchev–Trinajstić information content (AvgIpc) is 2.65. The molecule has 5 nitrogen and oxygen atoms in total. The molecule has 0 saturated heterocycles. The first-order chi connectivity index (χ1) is 11.1. The summed E-state index contributed by atoms with van der Waals surface area (Å²) in [6.45, 7) is 1.19. The maximum Gasteiger partial charge on any atom is 0.516 e. The fourth-order valence-corrected chi connectivity index (χ4v) is 3.62. The lowest BCUT2D eigenvalue weighted by Gasteiger charge is -2.25. The van der Waals surface area contributed by atoms with Crippen LogP contribution in [-0.2, 0) is 19.6 Å². The van der Waals surface area contributed by atoms with Gasteiger partial charge in [-0.1, -0.05) is 15.9 Å². The Hall–Kier alpha value is -1.55. The van der Waals surface area contributed by atoms with Crippen molar-refractivity contribution in [2.45, 2.75) is 18.9 Å². The van der Waals surface area contributed by atoms with Crippen LogP contribution in [0.4, 0.5) is 18.9 Å². The summed E-state index contributed by atoms with van der Waals surface area (Å²) < 4.78 is 68.2. The monoisotopic (exact) mass is 427 g/mol. The highest BCUT2D eigenvalue weighted by Crippen LogP contribution is 2.37. The van der Waals surface area contributed by atoms with Crippen molar-refractivity contribution in [3.8, 4) is 0 Å². The molecule has 24 heavy (non-hydrogen) atoms. The Morgan fingerprint density at radius 2 is 2.04 bits per heavy atom. The Morgan fingerprint density at radius 3 is 2.62 bits per heavy atom. The first kappa shape index (κ1) is 18.8. The second-order valence-corrected chi connectivity index (χ2v) is 7.64. The third-order valence-electron chi connectivity index (χ3n) is 3.29. The van der Waals surface area contributed by atoms with E-state index in [9.17, 15) is 26.4 Å². The second-order valence-electron chi connectivity index (χ2n) is 4.87. The summed E-state index contributed by atoms with van der Waals surface area (Å²) in [5.74, 6) is -0.685. The predicted octanol–water partition coefficient (Wildman–Crippen LogP) is 3.46. The summed E-state index contributed by atoms with van der Waals surface area (Å²) in [7, 11) is -5.58. The lowest BCUT2D eigenvalue weighted by atomic mass is 10.1. The van der Waals surface area contributed by atoms with Gasteiger partial charge in [0.2, 0.25) is 0 Å². The van der Waals surface area contributed by atoms with E-state index in [-0.39, 0.29) is 34.2 Å². The number of halogens is 4. The SMILES string of the molecule is CCOC(=O)C1=Cc2cc(Br)ccc2N(S(=O)(=O)C(F)(F)F)CC1. The molecule has 1 aliphatic heterocycles. The van der Waals surface area contributed by atoms with E-state index in [1.165, 1.54) is 24.3 Å². The Bertz CT molecular complexity index is 790. The van der Waals surface area contributed by atoms with Crippen molar-refractivity contribution >= 4 is 43.7 Å². The van der Waals surface area contributed by atoms with Crippen LogP contribution in [0.1, 0.15) is 18.9 Å². The van der Waals surface area contributed by atoms with Crippen LogP contribution in [0.3, 0.4) is 0 Å². The van der Waals surface area contributed by atoms with Gasteiger partial charge in [0.05, 0.1) is 12.3 Å². The van der Waals surface area contributed by atoms with Crippen molar-refractivity contribution in [2.24, 2.45) is 0 Å². The zero-order chi connectivity index (χ0) is 18.1. The van der Waals surface area contributed by atoms with Crippen molar-refractivity contribution in [3.63, 3.8) is 0 Å². The molecule has 0 spiro atoms. The molecule has 1 aromatic rings. The molecule has 0 aromatic heterocycles. The number of rotatable bonds is 3. The minimum atomic E-state index is -5.58. The van der Waals surface area contributed by atoms with Gasteiger partial charge in [0.25, 0.3) is 0 Å². The van der Waals surface area contributed by atoms with Gasteiger partial charge >= 0.3 is 21.5 Å². The van der Waals surface area contributed by atoms with Crippen LogP contribution in [0.5, 0.6) is 0 Å². The lowest BCUT2D eigenvalue weighted by molar-refractivity contribution is -0.138. The highest BCUT2D eigenvalue weighted by Gasteiger charge is 2.50. The summed E-state index contributed by atoms with van der Waals surface area (Å²) in [6, 6.07) is 4.13. The quantitative estimate of drug-likeness (QED) is 0.692. The molecule has 1 heterocycles. The van der Waals surface area contributed by atoms with E-state index in [1.54, 1.807) is 6.92 Å². The van der Waals surface area contributed by atoms with Gasteiger partial charge in [-0.15, -0.1) is 0 Å². The molecule has 1 aliphatic rings. The summed E-state index contributed by atoms with van der Waals surface area (Å²) >= 11 is 3.18. The topological polar surface area (TPSA) is 63.7 Å². The molecule has 0 fully saturated rings. The zero-order valence-electron chi connectivity index (χ0n) is 12.4.